The van der Waals surface area contributed by atoms with Gasteiger partial charge >= 0.3 is 12.1 Å². The van der Waals surface area contributed by atoms with E-state index in [-0.39, 0.29) is 11.1 Å². The molecule has 2 atom stereocenters. The van der Waals surface area contributed by atoms with E-state index in [9.17, 15) is 41.0 Å². The first-order valence-electron chi connectivity index (χ1n) is 10.4. The van der Waals surface area contributed by atoms with Gasteiger partial charge in [0.05, 0.1) is 35.5 Å². The van der Waals surface area contributed by atoms with Gasteiger partial charge in [0.2, 0.25) is 0 Å². The van der Waals surface area contributed by atoms with Gasteiger partial charge in [-0.2, -0.15) is 18.3 Å². The molecule has 9 nitrogen and oxygen atoms in total. The number of amides is 1. The lowest BCUT2D eigenvalue weighted by Gasteiger charge is -2.35. The van der Waals surface area contributed by atoms with E-state index >= 15 is 0 Å². The van der Waals surface area contributed by atoms with Gasteiger partial charge in [0.15, 0.2) is 0 Å². The molecule has 0 aliphatic carbocycles. The van der Waals surface area contributed by atoms with Crippen LogP contribution in [-0.4, -0.2) is 41.5 Å². The molecule has 2 N–H and O–H groups in total. The van der Waals surface area contributed by atoms with Gasteiger partial charge in [-0.15, -0.1) is 0 Å². The molecule has 2 aromatic heterocycles. The summed E-state index contributed by atoms with van der Waals surface area (Å²) in [5.74, 6) is -5.80. The second kappa shape index (κ2) is 9.31. The molecule has 2 aromatic carbocycles. The van der Waals surface area contributed by atoms with Crippen LogP contribution >= 0.6 is 0 Å². The highest BCUT2D eigenvalue weighted by atomic mass is 19.4. The van der Waals surface area contributed by atoms with Gasteiger partial charge < -0.3 is 10.4 Å². The fraction of sp³-hybridized carbons (Fsp3) is 0.227. The Balaban J connectivity index is 1.81. The molecule has 0 bridgehead atoms. The number of fused-ring (bicyclic) bond motifs is 1. The predicted molar refractivity (Wildman–Crippen MR) is 116 cm³/mol. The van der Waals surface area contributed by atoms with E-state index in [1.165, 1.54) is 18.6 Å². The van der Waals surface area contributed by atoms with Gasteiger partial charge in [0, 0.05) is 11.6 Å². The summed E-state index contributed by atoms with van der Waals surface area (Å²) in [6.45, 7) is 0.876. The summed E-state index contributed by atoms with van der Waals surface area (Å²) in [7, 11) is 0. The van der Waals surface area contributed by atoms with Gasteiger partial charge in [0.1, 0.15) is 35.7 Å². The van der Waals surface area contributed by atoms with Gasteiger partial charge in [-0.1, -0.05) is 6.07 Å². The second-order valence-corrected chi connectivity index (χ2v) is 8.08. The molecule has 0 fully saturated rings. The Bertz CT molecular complexity index is 1540. The lowest BCUT2D eigenvalue weighted by Crippen LogP contribution is -2.43. The van der Waals surface area contributed by atoms with Crippen molar-refractivity contribution < 1.29 is 36.2 Å². The molecule has 0 saturated carbocycles. The monoisotopic (exact) mass is 526 g/mol. The first kappa shape index (κ1) is 25.8. The molecule has 1 amide bonds. The largest absolute Gasteiger partial charge is 0.471 e. The summed E-state index contributed by atoms with van der Waals surface area (Å²) < 4.78 is 82.5. The zero-order chi connectivity index (χ0) is 27.1. The van der Waals surface area contributed by atoms with Crippen molar-refractivity contribution in [2.75, 3.05) is 5.32 Å². The average Bonchev–Trinajstić information content (AvgIpc) is 3.32. The van der Waals surface area contributed by atoms with Gasteiger partial charge in [-0.05, 0) is 25.1 Å². The molecule has 4 aromatic rings. The Morgan fingerprint density at radius 1 is 1.11 bits per heavy atom. The molecule has 2 unspecified atom stereocenters. The van der Waals surface area contributed by atoms with Crippen molar-refractivity contribution in [3.05, 3.63) is 82.7 Å². The zero-order valence-electron chi connectivity index (χ0n) is 18.7. The van der Waals surface area contributed by atoms with Crippen LogP contribution in [0.4, 0.5) is 32.0 Å². The first-order valence-corrected chi connectivity index (χ1v) is 10.4. The number of carbonyl (C=O) groups excluding carboxylic acids is 1. The van der Waals surface area contributed by atoms with Crippen LogP contribution in [0.1, 0.15) is 18.5 Å². The summed E-state index contributed by atoms with van der Waals surface area (Å²) in [5.41, 5.74) is -4.70. The molecule has 2 heterocycles. The Morgan fingerprint density at radius 3 is 2.46 bits per heavy atom. The fourth-order valence-electron chi connectivity index (χ4n) is 3.80. The minimum absolute atomic E-state index is 0.264. The molecule has 0 spiro atoms. The molecule has 0 saturated heterocycles. The normalized spacial score (nSPS) is 14.4. The maximum absolute atomic E-state index is 14.8. The number of rotatable bonds is 6. The number of benzene rings is 2. The topological polar surface area (TPSA) is 115 Å². The van der Waals surface area contributed by atoms with Crippen LogP contribution in [0.25, 0.3) is 10.9 Å². The molecule has 0 radical (unpaired) electrons. The SMILES string of the molecule is CC(n1cnc2cc(NC(=O)C(F)(F)F)c(F)cc2c1=O)C(O)(Cn1cncn1)c1ccc(F)cc1F. The van der Waals surface area contributed by atoms with Crippen LogP contribution in [0.2, 0.25) is 0 Å². The number of nitrogens with one attached hydrogen (secondary N) is 1. The van der Waals surface area contributed by atoms with Crippen molar-refractivity contribution in [2.45, 2.75) is 31.3 Å². The highest BCUT2D eigenvalue weighted by molar-refractivity contribution is 5.96. The highest BCUT2D eigenvalue weighted by Gasteiger charge is 2.41. The van der Waals surface area contributed by atoms with Crippen LogP contribution in [0.3, 0.4) is 0 Å². The van der Waals surface area contributed by atoms with Crippen molar-refractivity contribution in [3.8, 4) is 0 Å². The lowest BCUT2D eigenvalue weighted by molar-refractivity contribution is -0.167. The third-order valence-corrected chi connectivity index (χ3v) is 5.75. The summed E-state index contributed by atoms with van der Waals surface area (Å²) >= 11 is 0. The van der Waals surface area contributed by atoms with Gasteiger partial charge in [0.25, 0.3) is 5.56 Å². The second-order valence-electron chi connectivity index (χ2n) is 8.08. The zero-order valence-corrected chi connectivity index (χ0v) is 18.7. The number of hydrogen-bond donors (Lipinski definition) is 2. The Kier molecular flexibility index (Phi) is 6.50. The number of aliphatic hydroxyl groups is 1. The lowest BCUT2D eigenvalue weighted by atomic mass is 9.86. The maximum atomic E-state index is 14.8. The molecular weight excluding hydrogens is 510 g/mol. The van der Waals surface area contributed by atoms with Crippen LogP contribution in [0.5, 0.6) is 0 Å². The number of nitrogens with zero attached hydrogens (tertiary/aromatic N) is 5. The number of halogens is 6. The van der Waals surface area contributed by atoms with Crippen LogP contribution in [0.15, 0.2) is 54.1 Å². The molecule has 0 aliphatic heterocycles. The van der Waals surface area contributed by atoms with E-state index < -0.39 is 64.4 Å². The molecule has 4 rings (SSSR count). The summed E-state index contributed by atoms with van der Waals surface area (Å²) in [6.07, 6.45) is -2.01. The molecule has 37 heavy (non-hydrogen) atoms. The third kappa shape index (κ3) is 4.89. The first-order chi connectivity index (χ1) is 17.3. The van der Waals surface area contributed by atoms with Crippen molar-refractivity contribution in [2.24, 2.45) is 0 Å². The maximum Gasteiger partial charge on any atom is 0.471 e. The number of aromatic nitrogens is 5. The summed E-state index contributed by atoms with van der Waals surface area (Å²) in [5, 5.41) is 16.5. The minimum atomic E-state index is -5.28. The average molecular weight is 526 g/mol. The number of hydrogen-bond acceptors (Lipinski definition) is 6. The summed E-state index contributed by atoms with van der Waals surface area (Å²) in [4.78, 5) is 32.1. The van der Waals surface area contributed by atoms with Gasteiger partial charge in [-0.3, -0.25) is 14.2 Å². The Labute approximate surface area is 203 Å². The number of anilines is 1. The number of alkyl halides is 3. The van der Waals surface area contributed by atoms with E-state index in [1.807, 2.05) is 0 Å². The standard InChI is InChI=1S/C22H16F6N6O3/c1-11(21(37,7-33-9-29-8-31-33)14-3-2-12(23)4-15(14)24)34-10-30-17-6-18(32-20(36)22(26,27)28)16(25)5-13(17)19(34)35/h2-6,8-11,37H,7H2,1H3,(H,32,36). The Morgan fingerprint density at radius 2 is 1.84 bits per heavy atom. The van der Waals surface area contributed by atoms with E-state index in [2.05, 4.69) is 15.1 Å². The number of carbonyl (C=O) groups is 1. The minimum Gasteiger partial charge on any atom is -0.381 e. The quantitative estimate of drug-likeness (QED) is 0.374. The van der Waals surface area contributed by atoms with E-state index in [0.717, 1.165) is 40.1 Å². The van der Waals surface area contributed by atoms with Crippen molar-refractivity contribution >= 4 is 22.5 Å². The molecule has 0 aliphatic rings. The van der Waals surface area contributed by atoms with Gasteiger partial charge in [-0.25, -0.2) is 27.8 Å². The van der Waals surface area contributed by atoms with Crippen molar-refractivity contribution in [1.82, 2.24) is 24.3 Å². The predicted octanol–water partition coefficient (Wildman–Crippen LogP) is 3.06. The molecule has 15 heteroatoms. The van der Waals surface area contributed by atoms with Crippen LogP contribution < -0.4 is 10.9 Å². The van der Waals surface area contributed by atoms with Crippen molar-refractivity contribution in [1.29, 1.82) is 0 Å². The summed E-state index contributed by atoms with van der Waals surface area (Å²) in [6, 6.07) is 2.44. The van der Waals surface area contributed by atoms with E-state index in [0.29, 0.717) is 12.1 Å². The fourth-order valence-corrected chi connectivity index (χ4v) is 3.80. The smallest absolute Gasteiger partial charge is 0.381 e. The van der Waals surface area contributed by atoms with Crippen molar-refractivity contribution in [3.63, 3.8) is 0 Å². The van der Waals surface area contributed by atoms with Crippen LogP contribution in [-0.2, 0) is 16.9 Å². The Hall–Kier alpha value is -4.27. The molecular formula is C22H16F6N6O3. The van der Waals surface area contributed by atoms with E-state index in [1.54, 1.807) is 0 Å². The van der Waals surface area contributed by atoms with Crippen LogP contribution in [0, 0.1) is 17.5 Å². The highest BCUT2D eigenvalue weighted by Crippen LogP contribution is 2.36. The third-order valence-electron chi connectivity index (χ3n) is 5.75. The molecule has 194 valence electrons. The van der Waals surface area contributed by atoms with E-state index in [4.69, 9.17) is 0 Å².